The third-order valence-electron chi connectivity index (χ3n) is 9.61. The maximum Gasteiger partial charge on any atom is 0.255 e. The molecule has 0 radical (unpaired) electrons. The zero-order valence-corrected chi connectivity index (χ0v) is 24.7. The van der Waals surface area contributed by atoms with Crippen molar-refractivity contribution >= 4 is 21.7 Å². The average Bonchev–Trinajstić information content (AvgIpc) is 3.25. The van der Waals surface area contributed by atoms with Crippen LogP contribution in [-0.4, -0.2) is 84.2 Å². The number of amides is 1. The fourth-order valence-corrected chi connectivity index (χ4v) is 7.60. The Morgan fingerprint density at radius 3 is 2.35 bits per heavy atom. The normalized spacial score (nSPS) is 28.9. The molecule has 1 aromatic carbocycles. The lowest BCUT2D eigenvalue weighted by molar-refractivity contribution is 0.0868. The van der Waals surface area contributed by atoms with Gasteiger partial charge in [0.25, 0.3) is 5.91 Å². The summed E-state index contributed by atoms with van der Waals surface area (Å²) in [4.78, 5) is 19.9. The van der Waals surface area contributed by atoms with Crippen molar-refractivity contribution in [1.82, 2.24) is 19.5 Å². The minimum atomic E-state index is -3.12. The second-order valence-corrected chi connectivity index (χ2v) is 14.3. The maximum atomic E-state index is 13.0. The Morgan fingerprint density at radius 2 is 1.73 bits per heavy atom. The van der Waals surface area contributed by atoms with Crippen LogP contribution in [0, 0.1) is 5.92 Å². The summed E-state index contributed by atoms with van der Waals surface area (Å²) in [6.45, 7) is 7.78. The molecule has 2 aromatic rings. The number of benzene rings is 1. The number of nitrogens with two attached hydrogens (primary N) is 1. The number of nitrogens with one attached hydrogen (secondary N) is 1. The van der Waals surface area contributed by atoms with Crippen molar-refractivity contribution in [2.45, 2.75) is 76.0 Å². The molecule has 0 unspecified atom stereocenters. The third kappa shape index (κ3) is 6.05. The summed E-state index contributed by atoms with van der Waals surface area (Å²) in [6, 6.07) is 10.8. The smallest absolute Gasteiger partial charge is 0.255 e. The number of carbonyl (C=O) groups is 1. The van der Waals surface area contributed by atoms with Crippen LogP contribution < -0.4 is 11.1 Å². The van der Waals surface area contributed by atoms with Crippen LogP contribution in [0.2, 0.25) is 0 Å². The predicted octanol–water partition coefficient (Wildman–Crippen LogP) is 3.00. The molecule has 1 aliphatic carbocycles. The van der Waals surface area contributed by atoms with Crippen molar-refractivity contribution in [2.75, 3.05) is 38.2 Å². The molecular weight excluding hydrogens is 526 g/mol. The second kappa shape index (κ2) is 11.4. The molecule has 4 N–H and O–H groups in total. The first-order valence-electron chi connectivity index (χ1n) is 14.5. The lowest BCUT2D eigenvalue weighted by atomic mass is 9.75. The van der Waals surface area contributed by atoms with Crippen LogP contribution in [0.1, 0.15) is 68.3 Å². The first-order valence-corrected chi connectivity index (χ1v) is 16.3. The number of hydrogen-bond donors (Lipinski definition) is 3. The van der Waals surface area contributed by atoms with Gasteiger partial charge in [0, 0.05) is 55.4 Å². The summed E-state index contributed by atoms with van der Waals surface area (Å²) in [7, 11) is -3.12. The van der Waals surface area contributed by atoms with E-state index in [-0.39, 0.29) is 29.3 Å². The van der Waals surface area contributed by atoms with Crippen molar-refractivity contribution in [3.05, 3.63) is 47.7 Å². The van der Waals surface area contributed by atoms with Crippen LogP contribution >= 0.6 is 0 Å². The van der Waals surface area contributed by atoms with E-state index < -0.39 is 10.0 Å². The summed E-state index contributed by atoms with van der Waals surface area (Å²) in [5.41, 5.74) is 9.55. The number of hydrogen-bond acceptors (Lipinski definition) is 7. The van der Waals surface area contributed by atoms with Crippen molar-refractivity contribution in [3.63, 3.8) is 0 Å². The molecular formula is C30H43N5O4S. The van der Waals surface area contributed by atoms with Crippen LogP contribution in [0.15, 0.2) is 36.5 Å². The van der Waals surface area contributed by atoms with E-state index in [0.717, 1.165) is 49.9 Å². The highest BCUT2D eigenvalue weighted by atomic mass is 32.2. The van der Waals surface area contributed by atoms with E-state index in [9.17, 15) is 18.3 Å². The summed E-state index contributed by atoms with van der Waals surface area (Å²) in [5.74, 6) is 0.448. The highest BCUT2D eigenvalue weighted by molar-refractivity contribution is 7.88. The van der Waals surface area contributed by atoms with Crippen LogP contribution in [-0.2, 0) is 15.4 Å². The highest BCUT2D eigenvalue weighted by Crippen LogP contribution is 2.41. The molecule has 3 aliphatic rings. The van der Waals surface area contributed by atoms with Gasteiger partial charge in [-0.15, -0.1) is 0 Å². The Labute approximate surface area is 238 Å². The van der Waals surface area contributed by atoms with E-state index >= 15 is 0 Å². The number of rotatable bonds is 6. The summed E-state index contributed by atoms with van der Waals surface area (Å²) in [6.07, 6.45) is 7.39. The quantitative estimate of drug-likeness (QED) is 0.488. The molecule has 9 nitrogen and oxygen atoms in total. The number of pyridine rings is 1. The summed E-state index contributed by atoms with van der Waals surface area (Å²) >= 11 is 0. The van der Waals surface area contributed by atoms with Gasteiger partial charge >= 0.3 is 0 Å². The molecule has 2 aliphatic heterocycles. The minimum Gasteiger partial charge on any atom is -0.393 e. The fraction of sp³-hybridized carbons (Fsp3) is 0.600. The van der Waals surface area contributed by atoms with Gasteiger partial charge in [-0.2, -0.15) is 0 Å². The summed E-state index contributed by atoms with van der Waals surface area (Å²) < 4.78 is 25.4. The number of aromatic nitrogens is 1. The zero-order valence-electron chi connectivity index (χ0n) is 23.8. The van der Waals surface area contributed by atoms with Crippen molar-refractivity contribution in [1.29, 1.82) is 0 Å². The molecule has 3 heterocycles. The van der Waals surface area contributed by atoms with Gasteiger partial charge in [0.15, 0.2) is 0 Å². The van der Waals surface area contributed by atoms with Crippen LogP contribution in [0.5, 0.6) is 0 Å². The average molecular weight is 570 g/mol. The van der Waals surface area contributed by atoms with Gasteiger partial charge in [0.1, 0.15) is 5.82 Å². The Kier molecular flexibility index (Phi) is 8.25. The number of nitrogens with zero attached hydrogens (tertiary/aromatic N) is 3. The molecule has 0 spiro atoms. The van der Waals surface area contributed by atoms with Crippen LogP contribution in [0.3, 0.4) is 0 Å². The number of anilines is 1. The molecule has 2 atom stereocenters. The molecule has 5 rings (SSSR count). The topological polar surface area (TPSA) is 129 Å². The molecule has 10 heteroatoms. The number of sulfonamides is 1. The SMILES string of the molecule is C[C@@H]1CN(C2CCN(S(C)(=O)=O)CC2)C[C@@]1(C)c1ccc(-c2cnc(N)c(C(=O)NC3CCC(O)CC3)c2)cc1. The standard InChI is InChI=1S/C30H43N5O4S/c1-20-18-34(25-12-14-35(15-13-25)40(3,38)39)19-30(20,2)23-6-4-21(5-7-23)22-16-27(28(31)32-17-22)29(37)33-24-8-10-26(36)11-9-24/h4-7,16-17,20,24-26,36H,8-15,18-19H2,1-3H3,(H2,31,32)(H,33,37)/t20-,24?,26?,30-/m1/s1. The fourth-order valence-electron chi connectivity index (χ4n) is 6.73. The number of aliphatic hydroxyl groups excluding tert-OH is 1. The molecule has 218 valence electrons. The zero-order chi connectivity index (χ0) is 28.7. The Hall–Kier alpha value is -2.53. The molecule has 1 saturated carbocycles. The summed E-state index contributed by atoms with van der Waals surface area (Å²) in [5, 5.41) is 12.8. The Balaban J connectivity index is 1.26. The second-order valence-electron chi connectivity index (χ2n) is 12.4. The molecule has 0 bridgehead atoms. The third-order valence-corrected chi connectivity index (χ3v) is 10.9. The molecule has 40 heavy (non-hydrogen) atoms. The van der Waals surface area contributed by atoms with Gasteiger partial charge in [-0.1, -0.05) is 38.1 Å². The maximum absolute atomic E-state index is 13.0. The van der Waals surface area contributed by atoms with Crippen LogP contribution in [0.4, 0.5) is 5.82 Å². The van der Waals surface area contributed by atoms with Gasteiger partial charge in [-0.25, -0.2) is 17.7 Å². The van der Waals surface area contributed by atoms with E-state index in [1.54, 1.807) is 10.5 Å². The van der Waals surface area contributed by atoms with E-state index in [4.69, 9.17) is 5.73 Å². The van der Waals surface area contributed by atoms with Crippen molar-refractivity contribution in [2.24, 2.45) is 5.92 Å². The van der Waals surface area contributed by atoms with Crippen LogP contribution in [0.25, 0.3) is 11.1 Å². The van der Waals surface area contributed by atoms with Gasteiger partial charge in [-0.3, -0.25) is 9.69 Å². The van der Waals surface area contributed by atoms with Gasteiger partial charge < -0.3 is 16.2 Å². The highest BCUT2D eigenvalue weighted by Gasteiger charge is 2.44. The lowest BCUT2D eigenvalue weighted by Gasteiger charge is -2.36. The predicted molar refractivity (Wildman–Crippen MR) is 157 cm³/mol. The molecule has 3 fully saturated rings. The number of aliphatic hydroxyl groups is 1. The van der Waals surface area contributed by atoms with Crippen molar-refractivity contribution in [3.8, 4) is 11.1 Å². The Bertz CT molecular complexity index is 1320. The van der Waals surface area contributed by atoms with E-state index in [1.165, 1.54) is 11.8 Å². The minimum absolute atomic E-state index is 0.00944. The molecule has 2 saturated heterocycles. The molecule has 1 aromatic heterocycles. The number of likely N-dealkylation sites (tertiary alicyclic amines) is 1. The number of nitrogen functional groups attached to an aromatic ring is 1. The van der Waals surface area contributed by atoms with Crippen molar-refractivity contribution < 1.29 is 18.3 Å². The van der Waals surface area contributed by atoms with E-state index in [1.807, 2.05) is 6.07 Å². The number of carbonyl (C=O) groups excluding carboxylic acids is 1. The van der Waals surface area contributed by atoms with Gasteiger partial charge in [0.2, 0.25) is 10.0 Å². The Morgan fingerprint density at radius 1 is 1.07 bits per heavy atom. The lowest BCUT2D eigenvalue weighted by Crippen LogP contribution is -2.46. The van der Waals surface area contributed by atoms with Gasteiger partial charge in [0.05, 0.1) is 17.9 Å². The first kappa shape index (κ1) is 29.0. The monoisotopic (exact) mass is 569 g/mol. The number of piperidine rings is 1. The van der Waals surface area contributed by atoms with Gasteiger partial charge in [-0.05, 0) is 61.6 Å². The first-order chi connectivity index (χ1) is 18.9. The molecule has 1 amide bonds. The van der Waals surface area contributed by atoms with E-state index in [2.05, 4.69) is 53.3 Å². The largest absolute Gasteiger partial charge is 0.393 e. The van der Waals surface area contributed by atoms with E-state index in [0.29, 0.717) is 43.5 Å².